The average molecular weight is 310 g/mol. The van der Waals surface area contributed by atoms with Crippen LogP contribution in [0.2, 0.25) is 5.02 Å². The molecule has 0 aromatic heterocycles. The molecule has 2 rings (SSSR count). The van der Waals surface area contributed by atoms with Gasteiger partial charge in [0.15, 0.2) is 0 Å². The lowest BCUT2D eigenvalue weighted by Crippen LogP contribution is -2.22. The van der Waals surface area contributed by atoms with Gasteiger partial charge in [0.1, 0.15) is 5.82 Å². The minimum Gasteiger partial charge on any atom is -0.310 e. The molecule has 0 heterocycles. The van der Waals surface area contributed by atoms with Crippen LogP contribution in [0, 0.1) is 5.82 Å². The van der Waals surface area contributed by atoms with E-state index in [1.807, 2.05) is 44.2 Å². The highest BCUT2D eigenvalue weighted by molar-refractivity contribution is 7.99. The quantitative estimate of drug-likeness (QED) is 0.822. The molecule has 0 atom stereocenters. The van der Waals surface area contributed by atoms with Crippen molar-refractivity contribution in [3.05, 3.63) is 58.9 Å². The molecule has 2 aromatic carbocycles. The monoisotopic (exact) mass is 309 g/mol. The summed E-state index contributed by atoms with van der Waals surface area (Å²) in [6.07, 6.45) is 0. The summed E-state index contributed by atoms with van der Waals surface area (Å²) in [7, 11) is 0. The smallest absolute Gasteiger partial charge is 0.128 e. The molecule has 1 N–H and O–H groups in total. The normalized spacial score (nSPS) is 11.1. The lowest BCUT2D eigenvalue weighted by Gasteiger charge is -2.13. The van der Waals surface area contributed by atoms with Crippen molar-refractivity contribution in [3.8, 4) is 0 Å². The van der Waals surface area contributed by atoms with Gasteiger partial charge in [-0.1, -0.05) is 55.4 Å². The number of benzene rings is 2. The van der Waals surface area contributed by atoms with E-state index in [2.05, 4.69) is 5.32 Å². The van der Waals surface area contributed by atoms with Gasteiger partial charge in [-0.05, 0) is 24.3 Å². The van der Waals surface area contributed by atoms with E-state index in [1.54, 1.807) is 6.07 Å². The van der Waals surface area contributed by atoms with Crippen LogP contribution in [0.15, 0.2) is 52.3 Å². The molecular weight excluding hydrogens is 293 g/mol. The predicted molar refractivity (Wildman–Crippen MR) is 84.0 cm³/mol. The average Bonchev–Trinajstić information content (AvgIpc) is 2.40. The zero-order chi connectivity index (χ0) is 14.5. The molecule has 0 unspecified atom stereocenters. The van der Waals surface area contributed by atoms with Crippen LogP contribution in [0.25, 0.3) is 0 Å². The van der Waals surface area contributed by atoms with Crippen LogP contribution in [0.3, 0.4) is 0 Å². The Morgan fingerprint density at radius 1 is 1.10 bits per heavy atom. The van der Waals surface area contributed by atoms with Crippen LogP contribution >= 0.6 is 23.4 Å². The fraction of sp³-hybridized carbons (Fsp3) is 0.250. The summed E-state index contributed by atoms with van der Waals surface area (Å²) in [6.45, 7) is 4.60. The SMILES string of the molecule is CC(C)NCc1c(F)cccc1Sc1ccccc1Cl. The molecule has 4 heteroatoms. The summed E-state index contributed by atoms with van der Waals surface area (Å²) in [5, 5.41) is 3.94. The predicted octanol–water partition coefficient (Wildman–Crippen LogP) is 5.13. The second kappa shape index (κ2) is 7.11. The first-order valence-electron chi connectivity index (χ1n) is 6.51. The van der Waals surface area contributed by atoms with Crippen molar-refractivity contribution in [1.82, 2.24) is 5.32 Å². The minimum absolute atomic E-state index is 0.185. The molecule has 0 aliphatic heterocycles. The van der Waals surface area contributed by atoms with E-state index < -0.39 is 0 Å². The van der Waals surface area contributed by atoms with Gasteiger partial charge >= 0.3 is 0 Å². The van der Waals surface area contributed by atoms with Gasteiger partial charge in [-0.15, -0.1) is 0 Å². The van der Waals surface area contributed by atoms with E-state index >= 15 is 0 Å². The Morgan fingerprint density at radius 3 is 2.50 bits per heavy atom. The molecular formula is C16H17ClFNS. The molecule has 0 radical (unpaired) electrons. The Hall–Kier alpha value is -1.03. The second-order valence-corrected chi connectivity index (χ2v) is 6.28. The molecule has 0 saturated carbocycles. The van der Waals surface area contributed by atoms with Crippen LogP contribution in [-0.4, -0.2) is 6.04 Å². The molecule has 0 spiro atoms. The first-order chi connectivity index (χ1) is 9.58. The Kier molecular flexibility index (Phi) is 5.46. The van der Waals surface area contributed by atoms with Crippen molar-refractivity contribution in [2.24, 2.45) is 0 Å². The van der Waals surface area contributed by atoms with E-state index in [1.165, 1.54) is 17.8 Å². The molecule has 0 amide bonds. The van der Waals surface area contributed by atoms with Gasteiger partial charge in [-0.25, -0.2) is 4.39 Å². The van der Waals surface area contributed by atoms with Gasteiger partial charge in [0.05, 0.1) is 5.02 Å². The zero-order valence-corrected chi connectivity index (χ0v) is 13.1. The highest BCUT2D eigenvalue weighted by atomic mass is 35.5. The van der Waals surface area contributed by atoms with Crippen molar-refractivity contribution >= 4 is 23.4 Å². The number of rotatable bonds is 5. The largest absolute Gasteiger partial charge is 0.310 e. The Labute approximate surface area is 128 Å². The molecule has 0 aliphatic rings. The summed E-state index contributed by atoms with van der Waals surface area (Å²) in [6, 6.07) is 13.1. The molecule has 2 aromatic rings. The number of nitrogens with one attached hydrogen (secondary N) is 1. The third-order valence-corrected chi connectivity index (χ3v) is 4.44. The van der Waals surface area contributed by atoms with Crippen LogP contribution in [0.1, 0.15) is 19.4 Å². The summed E-state index contributed by atoms with van der Waals surface area (Å²) < 4.78 is 14.0. The highest BCUT2D eigenvalue weighted by Crippen LogP contribution is 2.35. The van der Waals surface area contributed by atoms with Crippen LogP contribution in [-0.2, 0) is 6.54 Å². The highest BCUT2D eigenvalue weighted by Gasteiger charge is 2.11. The van der Waals surface area contributed by atoms with E-state index in [0.717, 1.165) is 9.79 Å². The summed E-state index contributed by atoms with van der Waals surface area (Å²) in [5.41, 5.74) is 0.686. The maximum Gasteiger partial charge on any atom is 0.128 e. The minimum atomic E-state index is -0.185. The van der Waals surface area contributed by atoms with Crippen molar-refractivity contribution < 1.29 is 4.39 Å². The summed E-state index contributed by atoms with van der Waals surface area (Å²) in [4.78, 5) is 1.83. The maximum atomic E-state index is 14.0. The molecule has 0 bridgehead atoms. The van der Waals surface area contributed by atoms with E-state index in [-0.39, 0.29) is 5.82 Å². The van der Waals surface area contributed by atoms with Crippen molar-refractivity contribution in [2.45, 2.75) is 36.2 Å². The van der Waals surface area contributed by atoms with Gasteiger partial charge in [0.2, 0.25) is 0 Å². The number of halogens is 2. The van der Waals surface area contributed by atoms with Gasteiger partial charge < -0.3 is 5.32 Å². The topological polar surface area (TPSA) is 12.0 Å². The fourth-order valence-corrected chi connectivity index (χ4v) is 3.00. The third kappa shape index (κ3) is 3.98. The van der Waals surface area contributed by atoms with E-state index in [4.69, 9.17) is 11.6 Å². The summed E-state index contributed by atoms with van der Waals surface area (Å²) >= 11 is 7.66. The van der Waals surface area contributed by atoms with E-state index in [9.17, 15) is 4.39 Å². The zero-order valence-electron chi connectivity index (χ0n) is 11.5. The van der Waals surface area contributed by atoms with Gasteiger partial charge in [-0.2, -0.15) is 0 Å². The van der Waals surface area contributed by atoms with Gasteiger partial charge in [0.25, 0.3) is 0 Å². The first kappa shape index (κ1) is 15.4. The van der Waals surface area contributed by atoms with E-state index in [0.29, 0.717) is 23.2 Å². The molecule has 106 valence electrons. The standard InChI is InChI=1S/C16H17ClFNS/c1-11(2)19-10-12-14(18)7-5-9-15(12)20-16-8-4-3-6-13(16)17/h3-9,11,19H,10H2,1-2H3. The molecule has 1 nitrogen and oxygen atoms in total. The molecule has 20 heavy (non-hydrogen) atoms. The molecule has 0 aliphatic carbocycles. The Balaban J connectivity index is 2.27. The molecule has 0 saturated heterocycles. The van der Waals surface area contributed by atoms with Crippen LogP contribution < -0.4 is 5.32 Å². The second-order valence-electron chi connectivity index (χ2n) is 4.78. The van der Waals surface area contributed by atoms with Crippen molar-refractivity contribution in [2.75, 3.05) is 0 Å². The Bertz CT molecular complexity index is 586. The summed E-state index contributed by atoms with van der Waals surface area (Å²) in [5.74, 6) is -0.185. The first-order valence-corrected chi connectivity index (χ1v) is 7.70. The van der Waals surface area contributed by atoms with Gasteiger partial charge in [-0.3, -0.25) is 0 Å². The number of hydrogen-bond acceptors (Lipinski definition) is 2. The Morgan fingerprint density at radius 2 is 1.80 bits per heavy atom. The molecule has 0 fully saturated rings. The lowest BCUT2D eigenvalue weighted by atomic mass is 10.2. The van der Waals surface area contributed by atoms with Crippen molar-refractivity contribution in [3.63, 3.8) is 0 Å². The van der Waals surface area contributed by atoms with Crippen molar-refractivity contribution in [1.29, 1.82) is 0 Å². The van der Waals surface area contributed by atoms with Gasteiger partial charge in [0, 0.05) is 27.9 Å². The van der Waals surface area contributed by atoms with Crippen LogP contribution in [0.4, 0.5) is 4.39 Å². The fourth-order valence-electron chi connectivity index (χ4n) is 1.76. The lowest BCUT2D eigenvalue weighted by molar-refractivity contribution is 0.546. The van der Waals surface area contributed by atoms with Crippen LogP contribution in [0.5, 0.6) is 0 Å². The maximum absolute atomic E-state index is 14.0. The number of hydrogen-bond donors (Lipinski definition) is 1. The third-order valence-electron chi connectivity index (χ3n) is 2.82.